The predicted molar refractivity (Wildman–Crippen MR) is 134 cm³/mol. The van der Waals surface area contributed by atoms with Gasteiger partial charge in [-0.1, -0.05) is 19.9 Å². The molecule has 0 atom stereocenters. The van der Waals surface area contributed by atoms with Gasteiger partial charge in [-0.15, -0.1) is 0 Å². The van der Waals surface area contributed by atoms with E-state index in [9.17, 15) is 14.4 Å². The van der Waals surface area contributed by atoms with Gasteiger partial charge in [0, 0.05) is 41.5 Å². The van der Waals surface area contributed by atoms with Crippen molar-refractivity contribution < 1.29 is 9.59 Å². The molecule has 0 unspecified atom stereocenters. The molecule has 0 saturated heterocycles. The minimum absolute atomic E-state index is 0.0112. The zero-order valence-corrected chi connectivity index (χ0v) is 20.2. The van der Waals surface area contributed by atoms with Crippen LogP contribution in [0.25, 0.3) is 11.1 Å². The lowest BCUT2D eigenvalue weighted by Gasteiger charge is -2.30. The fourth-order valence-corrected chi connectivity index (χ4v) is 5.55. The molecule has 2 aromatic heterocycles. The molecule has 1 aliphatic carbocycles. The lowest BCUT2D eigenvalue weighted by molar-refractivity contribution is 0.0879. The highest BCUT2D eigenvalue weighted by molar-refractivity contribution is 7.03. The standard InChI is InChI=1S/C26H28N4O3S/c1-15(2)12-30-13-18(19-11-27-34-14-19)10-23(26(30)33)28-20-6-3-16(4-7-20)17-5-8-21-22(9-17)25(32)29-24(21)31/h5,8-11,13-16,20,28H,3-4,6-7,12H2,1-2H3,(H,29,31,32)/t16-,20+. The highest BCUT2D eigenvalue weighted by Gasteiger charge is 2.29. The van der Waals surface area contributed by atoms with Crippen LogP contribution in [0.5, 0.6) is 0 Å². The number of amides is 2. The number of rotatable bonds is 6. The summed E-state index contributed by atoms with van der Waals surface area (Å²) in [5.41, 5.74) is 4.71. The summed E-state index contributed by atoms with van der Waals surface area (Å²) in [4.78, 5) is 37.0. The van der Waals surface area contributed by atoms with E-state index < -0.39 is 0 Å². The second kappa shape index (κ2) is 9.18. The third-order valence-corrected chi connectivity index (χ3v) is 7.32. The lowest BCUT2D eigenvalue weighted by Crippen LogP contribution is -2.31. The molecule has 0 bridgehead atoms. The third kappa shape index (κ3) is 4.42. The first-order chi connectivity index (χ1) is 16.4. The van der Waals surface area contributed by atoms with E-state index in [1.54, 1.807) is 6.07 Å². The van der Waals surface area contributed by atoms with Gasteiger partial charge in [0.25, 0.3) is 17.4 Å². The SMILES string of the molecule is CC(C)Cn1cc(-c2cnsc2)cc(N[C@H]2CC[C@@H](c3ccc4c(c3)C(=O)NC4=O)CC2)c1=O. The first-order valence-electron chi connectivity index (χ1n) is 11.8. The van der Waals surface area contributed by atoms with Gasteiger partial charge in [0.2, 0.25) is 0 Å². The van der Waals surface area contributed by atoms with E-state index in [4.69, 9.17) is 0 Å². The summed E-state index contributed by atoms with van der Waals surface area (Å²) in [5.74, 6) is 0.0767. The fourth-order valence-electron chi connectivity index (χ4n) is 5.00. The lowest BCUT2D eigenvalue weighted by atomic mass is 9.81. The summed E-state index contributed by atoms with van der Waals surface area (Å²) in [6.45, 7) is 4.89. The van der Waals surface area contributed by atoms with Gasteiger partial charge in [-0.3, -0.25) is 19.7 Å². The number of anilines is 1. The molecule has 5 rings (SSSR count). The molecular weight excluding hydrogens is 448 g/mol. The topological polar surface area (TPSA) is 93.1 Å². The number of carbonyl (C=O) groups excluding carboxylic acids is 2. The molecule has 1 saturated carbocycles. The quantitative estimate of drug-likeness (QED) is 0.505. The molecule has 2 N–H and O–H groups in total. The van der Waals surface area contributed by atoms with E-state index in [0.717, 1.165) is 42.4 Å². The summed E-state index contributed by atoms with van der Waals surface area (Å²) in [5, 5.41) is 7.89. The molecule has 7 nitrogen and oxygen atoms in total. The summed E-state index contributed by atoms with van der Waals surface area (Å²) in [6, 6.07) is 7.77. The zero-order chi connectivity index (χ0) is 23.8. The number of imide groups is 1. The van der Waals surface area contributed by atoms with Gasteiger partial charge in [-0.2, -0.15) is 0 Å². The highest BCUT2D eigenvalue weighted by Crippen LogP contribution is 2.35. The van der Waals surface area contributed by atoms with Crippen LogP contribution in [0.15, 0.2) is 46.8 Å². The number of carbonyl (C=O) groups is 2. The maximum absolute atomic E-state index is 13.2. The molecule has 1 aromatic carbocycles. The number of pyridine rings is 1. The maximum atomic E-state index is 13.2. The van der Waals surface area contributed by atoms with Gasteiger partial charge >= 0.3 is 0 Å². The van der Waals surface area contributed by atoms with Crippen LogP contribution >= 0.6 is 11.5 Å². The third-order valence-electron chi connectivity index (χ3n) is 6.73. The maximum Gasteiger partial charge on any atom is 0.273 e. The average Bonchev–Trinajstić information content (AvgIpc) is 3.45. The Hall–Kier alpha value is -3.26. The number of nitrogens with zero attached hydrogens (tertiary/aromatic N) is 2. The Morgan fingerprint density at radius 1 is 1.06 bits per heavy atom. The number of benzene rings is 1. The normalized spacial score (nSPS) is 19.9. The Bertz CT molecular complexity index is 1290. The van der Waals surface area contributed by atoms with Crippen LogP contribution in [0, 0.1) is 5.92 Å². The van der Waals surface area contributed by atoms with E-state index in [1.165, 1.54) is 11.5 Å². The van der Waals surface area contributed by atoms with E-state index in [1.807, 2.05) is 40.5 Å². The smallest absolute Gasteiger partial charge is 0.273 e. The Balaban J connectivity index is 1.31. The second-order valence-corrected chi connectivity index (χ2v) is 10.3. The van der Waals surface area contributed by atoms with Crippen LogP contribution in [0.2, 0.25) is 0 Å². The van der Waals surface area contributed by atoms with Crippen molar-refractivity contribution in [3.63, 3.8) is 0 Å². The molecule has 3 heterocycles. The molecular formula is C26H28N4O3S. The van der Waals surface area contributed by atoms with Crippen molar-refractivity contribution in [2.75, 3.05) is 5.32 Å². The zero-order valence-electron chi connectivity index (χ0n) is 19.3. The van der Waals surface area contributed by atoms with Crippen molar-refractivity contribution in [3.8, 4) is 11.1 Å². The van der Waals surface area contributed by atoms with E-state index in [2.05, 4.69) is 28.9 Å². The number of fused-ring (bicyclic) bond motifs is 1. The minimum atomic E-state index is -0.317. The first kappa shape index (κ1) is 22.5. The Morgan fingerprint density at radius 2 is 1.82 bits per heavy atom. The molecule has 8 heteroatoms. The predicted octanol–water partition coefficient (Wildman–Crippen LogP) is 4.65. The number of hydrogen-bond acceptors (Lipinski definition) is 6. The van der Waals surface area contributed by atoms with E-state index >= 15 is 0 Å². The van der Waals surface area contributed by atoms with Gasteiger partial charge in [-0.05, 0) is 72.8 Å². The summed E-state index contributed by atoms with van der Waals surface area (Å²) < 4.78 is 6.02. The van der Waals surface area contributed by atoms with Crippen LogP contribution in [-0.2, 0) is 6.54 Å². The Morgan fingerprint density at radius 3 is 2.53 bits per heavy atom. The molecule has 0 spiro atoms. The Kier molecular flexibility index (Phi) is 6.08. The summed E-state index contributed by atoms with van der Waals surface area (Å²) in [6.07, 6.45) is 7.55. The minimum Gasteiger partial charge on any atom is -0.378 e. The highest BCUT2D eigenvalue weighted by atomic mass is 32.1. The van der Waals surface area contributed by atoms with Crippen molar-refractivity contribution in [2.24, 2.45) is 5.92 Å². The number of nitrogens with one attached hydrogen (secondary N) is 2. The van der Waals surface area contributed by atoms with Crippen molar-refractivity contribution in [1.29, 1.82) is 0 Å². The van der Waals surface area contributed by atoms with Crippen LogP contribution in [-0.4, -0.2) is 26.8 Å². The van der Waals surface area contributed by atoms with Crippen LogP contribution in [0.3, 0.4) is 0 Å². The average molecular weight is 477 g/mol. The summed E-state index contributed by atoms with van der Waals surface area (Å²) >= 11 is 1.40. The largest absolute Gasteiger partial charge is 0.378 e. The second-order valence-electron chi connectivity index (χ2n) is 9.69. The molecule has 2 amide bonds. The van der Waals surface area contributed by atoms with Gasteiger partial charge in [0.05, 0.1) is 11.1 Å². The molecule has 1 fully saturated rings. The molecule has 3 aromatic rings. The van der Waals surface area contributed by atoms with Gasteiger partial charge < -0.3 is 9.88 Å². The van der Waals surface area contributed by atoms with Crippen LogP contribution in [0.4, 0.5) is 5.69 Å². The van der Waals surface area contributed by atoms with Gasteiger partial charge in [0.1, 0.15) is 5.69 Å². The van der Waals surface area contributed by atoms with Crippen LogP contribution in [0.1, 0.15) is 71.7 Å². The summed E-state index contributed by atoms with van der Waals surface area (Å²) in [7, 11) is 0. The molecule has 0 radical (unpaired) electrons. The fraction of sp³-hybridized carbons (Fsp3) is 0.385. The van der Waals surface area contributed by atoms with E-state index in [0.29, 0.717) is 35.2 Å². The van der Waals surface area contributed by atoms with Crippen molar-refractivity contribution >= 4 is 29.0 Å². The molecule has 2 aliphatic rings. The van der Waals surface area contributed by atoms with Crippen molar-refractivity contribution in [3.05, 3.63) is 69.1 Å². The molecule has 1 aliphatic heterocycles. The molecule has 176 valence electrons. The van der Waals surface area contributed by atoms with Crippen molar-refractivity contribution in [2.45, 2.75) is 58.0 Å². The van der Waals surface area contributed by atoms with Crippen molar-refractivity contribution in [1.82, 2.24) is 14.3 Å². The van der Waals surface area contributed by atoms with Crippen LogP contribution < -0.4 is 16.2 Å². The number of hydrogen-bond donors (Lipinski definition) is 2. The Labute approximate surface area is 202 Å². The number of aromatic nitrogens is 2. The van der Waals surface area contributed by atoms with E-state index in [-0.39, 0.29) is 23.4 Å². The monoisotopic (exact) mass is 476 g/mol. The van der Waals surface area contributed by atoms with Gasteiger partial charge in [0.15, 0.2) is 0 Å². The molecule has 34 heavy (non-hydrogen) atoms. The first-order valence-corrected chi connectivity index (χ1v) is 12.6. The van der Waals surface area contributed by atoms with Gasteiger partial charge in [-0.25, -0.2) is 4.37 Å².